The van der Waals surface area contributed by atoms with E-state index in [1.54, 1.807) is 0 Å². The molecule has 0 aromatic heterocycles. The maximum absolute atomic E-state index is 11.3. The van der Waals surface area contributed by atoms with Gasteiger partial charge in [-0.25, -0.2) is 8.42 Å². The Bertz CT molecular complexity index is 328. The van der Waals surface area contributed by atoms with Gasteiger partial charge in [-0.2, -0.15) is 0 Å². The molecule has 0 aromatic rings. The van der Waals surface area contributed by atoms with Crippen LogP contribution in [0.3, 0.4) is 0 Å². The predicted molar refractivity (Wildman–Crippen MR) is 63.2 cm³/mol. The second-order valence-corrected chi connectivity index (χ2v) is 7.30. The fourth-order valence-corrected chi connectivity index (χ4v) is 4.38. The van der Waals surface area contributed by atoms with Gasteiger partial charge in [0.05, 0.1) is 23.7 Å². The summed E-state index contributed by atoms with van der Waals surface area (Å²) in [5.74, 6) is 1.04. The summed E-state index contributed by atoms with van der Waals surface area (Å²) >= 11 is 0. The highest BCUT2D eigenvalue weighted by Gasteiger charge is 2.28. The normalized spacial score (nSPS) is 37.9. The van der Waals surface area contributed by atoms with Gasteiger partial charge in [0.15, 0.2) is 9.84 Å². The summed E-state index contributed by atoms with van der Waals surface area (Å²) in [4.78, 5) is 0. The van der Waals surface area contributed by atoms with E-state index < -0.39 is 9.84 Å². The summed E-state index contributed by atoms with van der Waals surface area (Å²) in [6.45, 7) is 3.78. The van der Waals surface area contributed by atoms with Crippen molar-refractivity contribution in [1.29, 1.82) is 0 Å². The van der Waals surface area contributed by atoms with Crippen molar-refractivity contribution in [3.05, 3.63) is 0 Å². The molecule has 0 amide bonds. The van der Waals surface area contributed by atoms with Crippen LogP contribution in [0, 0.1) is 5.92 Å². The maximum Gasteiger partial charge on any atom is 0.150 e. The number of ether oxygens (including phenoxy) is 1. The minimum absolute atomic E-state index is 0.309. The van der Waals surface area contributed by atoms with Crippen molar-refractivity contribution in [3.8, 4) is 0 Å². The molecule has 94 valence electrons. The lowest BCUT2D eigenvalue weighted by Crippen LogP contribution is -2.31. The Morgan fingerprint density at radius 1 is 1.25 bits per heavy atom. The first kappa shape index (κ1) is 12.3. The molecule has 2 saturated heterocycles. The van der Waals surface area contributed by atoms with Gasteiger partial charge in [0.2, 0.25) is 0 Å². The number of nitrogens with one attached hydrogen (secondary N) is 1. The highest BCUT2D eigenvalue weighted by molar-refractivity contribution is 7.91. The van der Waals surface area contributed by atoms with E-state index in [4.69, 9.17) is 4.74 Å². The van der Waals surface area contributed by atoms with Crippen LogP contribution in [0.25, 0.3) is 0 Å². The lowest BCUT2D eigenvalue weighted by atomic mass is 10.1. The van der Waals surface area contributed by atoms with E-state index in [1.165, 1.54) is 0 Å². The second-order valence-electron chi connectivity index (χ2n) is 5.07. The zero-order valence-corrected chi connectivity index (χ0v) is 10.6. The molecule has 1 N–H and O–H groups in total. The molecule has 16 heavy (non-hydrogen) atoms. The number of hydrogen-bond donors (Lipinski definition) is 1. The molecule has 0 bridgehead atoms. The molecule has 0 aliphatic carbocycles. The van der Waals surface area contributed by atoms with Crippen LogP contribution in [-0.2, 0) is 14.6 Å². The van der Waals surface area contributed by atoms with Gasteiger partial charge in [0, 0.05) is 6.54 Å². The first-order chi connectivity index (χ1) is 7.55. The van der Waals surface area contributed by atoms with Crippen molar-refractivity contribution in [2.45, 2.75) is 38.4 Å². The van der Waals surface area contributed by atoms with Crippen molar-refractivity contribution < 1.29 is 13.2 Å². The van der Waals surface area contributed by atoms with Gasteiger partial charge in [-0.15, -0.1) is 0 Å². The molecule has 2 aliphatic rings. The van der Waals surface area contributed by atoms with Crippen molar-refractivity contribution >= 4 is 9.84 Å². The molecule has 4 nitrogen and oxygen atoms in total. The van der Waals surface area contributed by atoms with Crippen LogP contribution in [0.15, 0.2) is 0 Å². The Hall–Kier alpha value is -0.130. The van der Waals surface area contributed by atoms with E-state index in [1.807, 2.05) is 0 Å². The van der Waals surface area contributed by atoms with Crippen molar-refractivity contribution in [2.24, 2.45) is 5.92 Å². The van der Waals surface area contributed by atoms with E-state index in [2.05, 4.69) is 12.2 Å². The van der Waals surface area contributed by atoms with Crippen molar-refractivity contribution in [1.82, 2.24) is 5.32 Å². The quantitative estimate of drug-likeness (QED) is 0.789. The average Bonchev–Trinajstić information content (AvgIpc) is 2.73. The first-order valence-electron chi connectivity index (χ1n) is 6.12. The number of hydrogen-bond acceptors (Lipinski definition) is 4. The fourth-order valence-electron chi connectivity index (χ4n) is 2.52. The minimum atomic E-state index is -2.72. The third-order valence-corrected chi connectivity index (χ3v) is 5.29. The topological polar surface area (TPSA) is 55.4 Å². The smallest absolute Gasteiger partial charge is 0.150 e. The van der Waals surface area contributed by atoms with Gasteiger partial charge >= 0.3 is 0 Å². The van der Waals surface area contributed by atoms with Crippen LogP contribution in [-0.4, -0.2) is 45.2 Å². The average molecular weight is 247 g/mol. The zero-order valence-electron chi connectivity index (χ0n) is 9.81. The van der Waals surface area contributed by atoms with Crippen LogP contribution in [0.1, 0.15) is 26.2 Å². The lowest BCUT2D eigenvalue weighted by Gasteiger charge is -2.14. The third-order valence-electron chi connectivity index (χ3n) is 3.45. The van der Waals surface area contributed by atoms with Gasteiger partial charge in [-0.3, -0.25) is 0 Å². The van der Waals surface area contributed by atoms with Crippen LogP contribution in [0.2, 0.25) is 0 Å². The summed E-state index contributed by atoms with van der Waals surface area (Å²) in [6, 6.07) is 0. The molecule has 2 fully saturated rings. The number of sulfone groups is 1. The Morgan fingerprint density at radius 3 is 2.62 bits per heavy atom. The Morgan fingerprint density at radius 2 is 2.06 bits per heavy atom. The second kappa shape index (κ2) is 5.02. The molecule has 2 heterocycles. The summed E-state index contributed by atoms with van der Waals surface area (Å²) in [6.07, 6.45) is 3.80. The molecule has 2 aliphatic heterocycles. The van der Waals surface area contributed by atoms with E-state index in [0.717, 1.165) is 32.4 Å². The van der Waals surface area contributed by atoms with Crippen molar-refractivity contribution in [2.75, 3.05) is 24.6 Å². The molecular weight excluding hydrogens is 226 g/mol. The maximum atomic E-state index is 11.3. The Balaban J connectivity index is 1.62. The standard InChI is InChI=1S/C11H21NO3S/c1-9-2-3-11(15-9)7-12-6-10-4-5-16(13,14)8-10/h9-12H,2-8H2,1H3. The molecule has 3 unspecified atom stereocenters. The van der Waals surface area contributed by atoms with Crippen LogP contribution >= 0.6 is 0 Å². The van der Waals surface area contributed by atoms with E-state index in [0.29, 0.717) is 29.6 Å². The van der Waals surface area contributed by atoms with E-state index >= 15 is 0 Å². The largest absolute Gasteiger partial charge is 0.374 e. The van der Waals surface area contributed by atoms with Crippen molar-refractivity contribution in [3.63, 3.8) is 0 Å². The van der Waals surface area contributed by atoms with E-state index in [9.17, 15) is 8.42 Å². The highest BCUT2D eigenvalue weighted by Crippen LogP contribution is 2.19. The summed E-state index contributed by atoms with van der Waals surface area (Å²) in [7, 11) is -2.72. The van der Waals surface area contributed by atoms with Crippen LogP contribution < -0.4 is 5.32 Å². The summed E-state index contributed by atoms with van der Waals surface area (Å²) < 4.78 is 28.2. The molecule has 3 atom stereocenters. The third kappa shape index (κ3) is 3.43. The monoisotopic (exact) mass is 247 g/mol. The lowest BCUT2D eigenvalue weighted by molar-refractivity contribution is 0.0557. The Kier molecular flexibility index (Phi) is 3.87. The molecule has 0 saturated carbocycles. The van der Waals surface area contributed by atoms with Gasteiger partial charge < -0.3 is 10.1 Å². The molecular formula is C11H21NO3S. The van der Waals surface area contributed by atoms with Gasteiger partial charge in [-0.05, 0) is 38.6 Å². The minimum Gasteiger partial charge on any atom is -0.374 e. The van der Waals surface area contributed by atoms with Gasteiger partial charge in [0.1, 0.15) is 0 Å². The first-order valence-corrected chi connectivity index (χ1v) is 7.94. The highest BCUT2D eigenvalue weighted by atomic mass is 32.2. The number of rotatable bonds is 4. The molecule has 2 rings (SSSR count). The van der Waals surface area contributed by atoms with Crippen LogP contribution in [0.5, 0.6) is 0 Å². The summed E-state index contributed by atoms with van der Waals surface area (Å²) in [5, 5.41) is 3.34. The molecule has 0 aromatic carbocycles. The SMILES string of the molecule is CC1CCC(CNCC2CCS(=O)(=O)C2)O1. The zero-order chi connectivity index (χ0) is 11.6. The summed E-state index contributed by atoms with van der Waals surface area (Å²) in [5.41, 5.74) is 0. The molecule has 5 heteroatoms. The fraction of sp³-hybridized carbons (Fsp3) is 1.00. The Labute approximate surface area is 97.7 Å². The van der Waals surface area contributed by atoms with E-state index in [-0.39, 0.29) is 0 Å². The molecule has 0 spiro atoms. The van der Waals surface area contributed by atoms with Gasteiger partial charge in [0.25, 0.3) is 0 Å². The van der Waals surface area contributed by atoms with Crippen LogP contribution in [0.4, 0.5) is 0 Å². The van der Waals surface area contributed by atoms with Gasteiger partial charge in [-0.1, -0.05) is 0 Å². The predicted octanol–water partition coefficient (Wildman–Crippen LogP) is 0.578. The molecule has 0 radical (unpaired) electrons.